The van der Waals surface area contributed by atoms with E-state index >= 15 is 0 Å². The number of esters is 1. The lowest BCUT2D eigenvalue weighted by atomic mass is 10.2. The first-order chi connectivity index (χ1) is 10.7. The average molecular weight is 315 g/mol. The second-order valence-electron chi connectivity index (χ2n) is 4.57. The molecule has 0 atom stereocenters. The Morgan fingerprint density at radius 2 is 1.73 bits per heavy atom. The summed E-state index contributed by atoms with van der Waals surface area (Å²) in [7, 11) is 0. The summed E-state index contributed by atoms with van der Waals surface area (Å²) < 4.78 is 5.00. The molecule has 114 valence electrons. The summed E-state index contributed by atoms with van der Waals surface area (Å²) in [5, 5.41) is 2.74. The van der Waals surface area contributed by atoms with Gasteiger partial charge in [-0.15, -0.1) is 11.8 Å². The minimum atomic E-state index is -0.417. The maximum Gasteiger partial charge on any atom is 0.310 e. The molecule has 0 fully saturated rings. The summed E-state index contributed by atoms with van der Waals surface area (Å²) in [5.74, 6) is -0.762. The number of rotatable bonds is 6. The molecule has 0 aliphatic rings. The molecule has 0 unspecified atom stereocenters. The molecule has 0 saturated heterocycles. The van der Waals surface area contributed by atoms with E-state index in [9.17, 15) is 9.59 Å². The highest BCUT2D eigenvalue weighted by atomic mass is 32.2. The van der Waals surface area contributed by atoms with Crippen LogP contribution in [0.5, 0.6) is 0 Å². The number of hydrogen-bond donors (Lipinski definition) is 1. The van der Waals surface area contributed by atoms with Crippen LogP contribution in [0.2, 0.25) is 0 Å². The Hall–Kier alpha value is -2.27. The number of benzene rings is 2. The fourth-order valence-electron chi connectivity index (χ4n) is 1.89. The standard InChI is InChI=1S/C17H17NO3S/c1-22-15-10-6-5-9-14(15)18-16(19)12-21-17(20)11-13-7-3-2-4-8-13/h2-10H,11-12H2,1H3,(H,18,19). The fraction of sp³-hybridized carbons (Fsp3) is 0.176. The molecule has 0 aliphatic heterocycles. The molecule has 4 nitrogen and oxygen atoms in total. The highest BCUT2D eigenvalue weighted by molar-refractivity contribution is 7.98. The first-order valence-corrected chi connectivity index (χ1v) is 8.04. The van der Waals surface area contributed by atoms with E-state index in [1.165, 1.54) is 0 Å². The van der Waals surface area contributed by atoms with Gasteiger partial charge in [-0.05, 0) is 24.0 Å². The molecular weight excluding hydrogens is 298 g/mol. The van der Waals surface area contributed by atoms with Gasteiger partial charge in [0.2, 0.25) is 0 Å². The van der Waals surface area contributed by atoms with Crippen molar-refractivity contribution in [1.29, 1.82) is 0 Å². The molecule has 2 aromatic rings. The Bertz CT molecular complexity index is 643. The molecule has 0 aliphatic carbocycles. The Balaban J connectivity index is 1.81. The number of carbonyl (C=O) groups excluding carboxylic acids is 2. The Labute approximate surface area is 133 Å². The van der Waals surface area contributed by atoms with Crippen LogP contribution in [0.3, 0.4) is 0 Å². The SMILES string of the molecule is CSc1ccccc1NC(=O)COC(=O)Cc1ccccc1. The van der Waals surface area contributed by atoms with Gasteiger partial charge in [0, 0.05) is 4.90 Å². The first kappa shape index (κ1) is 16.1. The number of amides is 1. The Morgan fingerprint density at radius 1 is 1.05 bits per heavy atom. The normalized spacial score (nSPS) is 10.0. The fourth-order valence-corrected chi connectivity index (χ4v) is 2.45. The summed E-state index contributed by atoms with van der Waals surface area (Å²) in [5.41, 5.74) is 1.58. The van der Waals surface area contributed by atoms with Gasteiger partial charge in [0.25, 0.3) is 5.91 Å². The van der Waals surface area contributed by atoms with Crippen molar-refractivity contribution in [3.63, 3.8) is 0 Å². The number of carbonyl (C=O) groups is 2. The zero-order chi connectivity index (χ0) is 15.8. The van der Waals surface area contributed by atoms with Crippen molar-refractivity contribution in [2.75, 3.05) is 18.2 Å². The summed E-state index contributed by atoms with van der Waals surface area (Å²) in [6, 6.07) is 16.8. The van der Waals surface area contributed by atoms with Crippen LogP contribution in [-0.4, -0.2) is 24.7 Å². The molecule has 2 rings (SSSR count). The predicted molar refractivity (Wildman–Crippen MR) is 88.0 cm³/mol. The van der Waals surface area contributed by atoms with Crippen LogP contribution >= 0.6 is 11.8 Å². The molecule has 22 heavy (non-hydrogen) atoms. The van der Waals surface area contributed by atoms with E-state index in [4.69, 9.17) is 4.74 Å². The number of ether oxygens (including phenoxy) is 1. The Kier molecular flexibility index (Phi) is 6.03. The van der Waals surface area contributed by atoms with Crippen LogP contribution in [0.25, 0.3) is 0 Å². The maximum atomic E-state index is 11.8. The molecule has 1 amide bonds. The van der Waals surface area contributed by atoms with Crippen molar-refractivity contribution < 1.29 is 14.3 Å². The zero-order valence-corrected chi connectivity index (χ0v) is 13.1. The van der Waals surface area contributed by atoms with Crippen LogP contribution in [0.15, 0.2) is 59.5 Å². The van der Waals surface area contributed by atoms with Gasteiger partial charge in [-0.1, -0.05) is 42.5 Å². The summed E-state index contributed by atoms with van der Waals surface area (Å²) in [6.07, 6.45) is 2.10. The van der Waals surface area contributed by atoms with Gasteiger partial charge < -0.3 is 10.1 Å². The molecule has 0 bridgehead atoms. The van der Waals surface area contributed by atoms with Crippen molar-refractivity contribution in [1.82, 2.24) is 0 Å². The number of nitrogens with one attached hydrogen (secondary N) is 1. The predicted octanol–water partition coefficient (Wildman–Crippen LogP) is 3.13. The lowest BCUT2D eigenvalue weighted by Gasteiger charge is -2.09. The van der Waals surface area contributed by atoms with Crippen LogP contribution in [0.1, 0.15) is 5.56 Å². The lowest BCUT2D eigenvalue weighted by Crippen LogP contribution is -2.21. The van der Waals surface area contributed by atoms with Gasteiger partial charge in [0.15, 0.2) is 6.61 Å². The monoisotopic (exact) mass is 315 g/mol. The maximum absolute atomic E-state index is 11.8. The van der Waals surface area contributed by atoms with E-state index < -0.39 is 5.97 Å². The minimum absolute atomic E-state index is 0.162. The largest absolute Gasteiger partial charge is 0.455 e. The molecule has 5 heteroatoms. The molecule has 1 N–H and O–H groups in total. The van der Waals surface area contributed by atoms with Crippen molar-refractivity contribution in [2.24, 2.45) is 0 Å². The van der Waals surface area contributed by atoms with E-state index in [2.05, 4.69) is 5.32 Å². The minimum Gasteiger partial charge on any atom is -0.455 e. The van der Waals surface area contributed by atoms with Gasteiger partial charge in [-0.25, -0.2) is 0 Å². The summed E-state index contributed by atoms with van der Waals surface area (Å²) in [4.78, 5) is 24.5. The second kappa shape index (κ2) is 8.24. The third-order valence-electron chi connectivity index (χ3n) is 2.94. The highest BCUT2D eigenvalue weighted by Gasteiger charge is 2.10. The molecule has 2 aromatic carbocycles. The quantitative estimate of drug-likeness (QED) is 0.657. The van der Waals surface area contributed by atoms with Crippen molar-refractivity contribution in [2.45, 2.75) is 11.3 Å². The number of para-hydroxylation sites is 1. The second-order valence-corrected chi connectivity index (χ2v) is 5.42. The van der Waals surface area contributed by atoms with Crippen LogP contribution in [0.4, 0.5) is 5.69 Å². The van der Waals surface area contributed by atoms with Crippen LogP contribution in [0, 0.1) is 0 Å². The van der Waals surface area contributed by atoms with E-state index in [0.717, 1.165) is 16.1 Å². The molecule has 0 saturated carbocycles. The van der Waals surface area contributed by atoms with E-state index in [1.807, 2.05) is 60.9 Å². The summed E-state index contributed by atoms with van der Waals surface area (Å²) in [6.45, 7) is -0.283. The topological polar surface area (TPSA) is 55.4 Å². The zero-order valence-electron chi connectivity index (χ0n) is 12.2. The third kappa shape index (κ3) is 4.93. The number of anilines is 1. The Morgan fingerprint density at radius 3 is 2.45 bits per heavy atom. The molecular formula is C17H17NO3S. The average Bonchev–Trinajstić information content (AvgIpc) is 2.54. The van der Waals surface area contributed by atoms with Crippen LogP contribution < -0.4 is 5.32 Å². The number of hydrogen-bond acceptors (Lipinski definition) is 4. The number of thioether (sulfide) groups is 1. The first-order valence-electron chi connectivity index (χ1n) is 6.81. The van der Waals surface area contributed by atoms with E-state index in [1.54, 1.807) is 11.8 Å². The molecule has 0 spiro atoms. The van der Waals surface area contributed by atoms with Gasteiger partial charge in [-0.3, -0.25) is 9.59 Å². The van der Waals surface area contributed by atoms with Crippen molar-refractivity contribution in [3.8, 4) is 0 Å². The van der Waals surface area contributed by atoms with Gasteiger partial charge in [0.1, 0.15) is 0 Å². The highest BCUT2D eigenvalue weighted by Crippen LogP contribution is 2.24. The lowest BCUT2D eigenvalue weighted by molar-refractivity contribution is -0.146. The third-order valence-corrected chi connectivity index (χ3v) is 3.73. The smallest absolute Gasteiger partial charge is 0.310 e. The van der Waals surface area contributed by atoms with Crippen molar-refractivity contribution >= 4 is 29.3 Å². The molecule has 0 heterocycles. The van der Waals surface area contributed by atoms with Gasteiger partial charge in [0.05, 0.1) is 12.1 Å². The van der Waals surface area contributed by atoms with Gasteiger partial charge in [-0.2, -0.15) is 0 Å². The summed E-state index contributed by atoms with van der Waals surface area (Å²) >= 11 is 1.54. The van der Waals surface area contributed by atoms with E-state index in [0.29, 0.717) is 0 Å². The van der Waals surface area contributed by atoms with Crippen molar-refractivity contribution in [3.05, 3.63) is 60.2 Å². The molecule has 0 aromatic heterocycles. The van der Waals surface area contributed by atoms with E-state index in [-0.39, 0.29) is 18.9 Å². The molecule has 0 radical (unpaired) electrons. The van der Waals surface area contributed by atoms with Crippen LogP contribution in [-0.2, 0) is 20.7 Å². The van der Waals surface area contributed by atoms with Gasteiger partial charge >= 0.3 is 5.97 Å².